The van der Waals surface area contributed by atoms with Crippen LogP contribution < -0.4 is 0 Å². The van der Waals surface area contributed by atoms with E-state index in [4.69, 9.17) is 0 Å². The molecule has 0 aromatic heterocycles. The number of allylic oxidation sites excluding steroid dienone is 8. The maximum absolute atomic E-state index is 2.41. The number of benzene rings is 2. The zero-order valence-electron chi connectivity index (χ0n) is 19.7. The van der Waals surface area contributed by atoms with Gasteiger partial charge in [-0.3, -0.25) is 0 Å². The number of hydrogen-bond donors (Lipinski definition) is 0. The molecule has 32 heavy (non-hydrogen) atoms. The minimum Gasteiger partial charge on any atom is -0.0726 e. The van der Waals surface area contributed by atoms with Gasteiger partial charge in [0.05, 0.1) is 0 Å². The quantitative estimate of drug-likeness (QED) is 0.439. The molecule has 0 saturated heterocycles. The van der Waals surface area contributed by atoms with Crippen molar-refractivity contribution in [3.8, 4) is 0 Å². The summed E-state index contributed by atoms with van der Waals surface area (Å²) < 4.78 is 0. The van der Waals surface area contributed by atoms with Crippen LogP contribution in [0.4, 0.5) is 0 Å². The summed E-state index contributed by atoms with van der Waals surface area (Å²) in [7, 11) is 0. The van der Waals surface area contributed by atoms with Gasteiger partial charge in [0.15, 0.2) is 0 Å². The molecule has 0 heteroatoms. The Bertz CT molecular complexity index is 1070. The first-order valence-corrected chi connectivity index (χ1v) is 12.7. The zero-order chi connectivity index (χ0) is 21.9. The number of aryl methyl sites for hydroxylation is 1. The zero-order valence-corrected chi connectivity index (χ0v) is 19.7. The standard InChI is InChI=1S/C32H36/c1-3-23-11-15-26(16-12-23)27-17-13-25(14-18-27)22-29-19-20-31(32-10-6-9-30(29)32)28-8-5-7-24(4-2)21-28/h5-10,13-14,17-21,23,26,32H,3-4,11-12,15-16,22H2,1-2H3. The molecular formula is C32H36. The Morgan fingerprint density at radius 2 is 1.59 bits per heavy atom. The summed E-state index contributed by atoms with van der Waals surface area (Å²) in [5, 5.41) is 0. The van der Waals surface area contributed by atoms with E-state index in [9.17, 15) is 0 Å². The maximum atomic E-state index is 2.41. The summed E-state index contributed by atoms with van der Waals surface area (Å²) in [6.45, 7) is 4.58. The summed E-state index contributed by atoms with van der Waals surface area (Å²) in [4.78, 5) is 0. The van der Waals surface area contributed by atoms with Crippen molar-refractivity contribution >= 4 is 5.57 Å². The predicted molar refractivity (Wildman–Crippen MR) is 138 cm³/mol. The molecule has 0 amide bonds. The molecule has 0 heterocycles. The molecule has 0 nitrogen and oxygen atoms in total. The van der Waals surface area contributed by atoms with Crippen LogP contribution in [0.5, 0.6) is 0 Å². The highest BCUT2D eigenvalue weighted by Gasteiger charge is 2.26. The van der Waals surface area contributed by atoms with Crippen molar-refractivity contribution in [2.75, 3.05) is 0 Å². The van der Waals surface area contributed by atoms with Crippen LogP contribution in [0.15, 0.2) is 90.1 Å². The van der Waals surface area contributed by atoms with Gasteiger partial charge in [0.2, 0.25) is 0 Å². The Morgan fingerprint density at radius 3 is 2.34 bits per heavy atom. The Balaban J connectivity index is 1.32. The highest BCUT2D eigenvalue weighted by Crippen LogP contribution is 2.42. The van der Waals surface area contributed by atoms with Crippen molar-refractivity contribution in [3.05, 3.63) is 112 Å². The molecule has 2 aromatic rings. The van der Waals surface area contributed by atoms with Crippen LogP contribution in [0.3, 0.4) is 0 Å². The van der Waals surface area contributed by atoms with Gasteiger partial charge in [0.25, 0.3) is 0 Å². The van der Waals surface area contributed by atoms with Crippen molar-refractivity contribution in [2.45, 2.75) is 64.7 Å². The number of fused-ring (bicyclic) bond motifs is 1. The highest BCUT2D eigenvalue weighted by atomic mass is 14.3. The van der Waals surface area contributed by atoms with Crippen LogP contribution in [0.1, 0.15) is 74.1 Å². The van der Waals surface area contributed by atoms with Crippen LogP contribution in [0, 0.1) is 11.8 Å². The van der Waals surface area contributed by atoms with Gasteiger partial charge >= 0.3 is 0 Å². The van der Waals surface area contributed by atoms with Gasteiger partial charge in [-0.2, -0.15) is 0 Å². The van der Waals surface area contributed by atoms with E-state index >= 15 is 0 Å². The summed E-state index contributed by atoms with van der Waals surface area (Å²) in [5.41, 5.74) is 10.1. The van der Waals surface area contributed by atoms with E-state index in [-0.39, 0.29) is 0 Å². The molecule has 3 aliphatic carbocycles. The normalized spacial score (nSPS) is 24.6. The van der Waals surface area contributed by atoms with Crippen molar-refractivity contribution < 1.29 is 0 Å². The van der Waals surface area contributed by atoms with Gasteiger partial charge in [-0.25, -0.2) is 0 Å². The van der Waals surface area contributed by atoms with E-state index in [1.165, 1.54) is 65.5 Å². The molecule has 5 rings (SSSR count). The van der Waals surface area contributed by atoms with Crippen molar-refractivity contribution in [3.63, 3.8) is 0 Å². The summed E-state index contributed by atoms with van der Waals surface area (Å²) >= 11 is 0. The Kier molecular flexibility index (Phi) is 6.30. The molecule has 164 valence electrons. The lowest BCUT2D eigenvalue weighted by Crippen LogP contribution is -2.12. The van der Waals surface area contributed by atoms with Gasteiger partial charge in [-0.15, -0.1) is 0 Å². The molecule has 0 spiro atoms. The summed E-state index contributed by atoms with van der Waals surface area (Å²) in [6, 6.07) is 18.6. The molecule has 1 saturated carbocycles. The molecule has 2 aromatic carbocycles. The van der Waals surface area contributed by atoms with Crippen molar-refractivity contribution in [1.29, 1.82) is 0 Å². The molecule has 0 bridgehead atoms. The third-order valence-corrected chi connectivity index (χ3v) is 8.02. The van der Waals surface area contributed by atoms with Crippen LogP contribution in [-0.4, -0.2) is 0 Å². The molecule has 0 N–H and O–H groups in total. The van der Waals surface area contributed by atoms with Gasteiger partial charge in [0, 0.05) is 5.92 Å². The average Bonchev–Trinajstić information content (AvgIpc) is 3.35. The Morgan fingerprint density at radius 1 is 0.781 bits per heavy atom. The smallest absolute Gasteiger partial charge is 0.0281 e. The van der Waals surface area contributed by atoms with E-state index in [1.807, 2.05) is 0 Å². The minimum absolute atomic E-state index is 0.398. The number of rotatable bonds is 6. The third-order valence-electron chi connectivity index (χ3n) is 8.02. The lowest BCUT2D eigenvalue weighted by Gasteiger charge is -2.28. The molecule has 1 unspecified atom stereocenters. The second-order valence-corrected chi connectivity index (χ2v) is 9.90. The molecular weight excluding hydrogens is 384 g/mol. The summed E-state index contributed by atoms with van der Waals surface area (Å²) in [6.07, 6.45) is 20.7. The third kappa shape index (κ3) is 4.33. The van der Waals surface area contributed by atoms with E-state index in [1.54, 1.807) is 5.56 Å². The first-order chi connectivity index (χ1) is 15.7. The SMILES string of the molecule is CCc1cccc(C2=CC=C(Cc3ccc(C4CCC(CC)CC4)cc3)C3=CC=CC32)c1. The predicted octanol–water partition coefficient (Wildman–Crippen LogP) is 8.61. The minimum atomic E-state index is 0.398. The molecule has 1 fully saturated rings. The second-order valence-electron chi connectivity index (χ2n) is 9.90. The molecule has 3 aliphatic rings. The van der Waals surface area contributed by atoms with E-state index < -0.39 is 0 Å². The summed E-state index contributed by atoms with van der Waals surface area (Å²) in [5.74, 6) is 2.14. The van der Waals surface area contributed by atoms with Crippen LogP contribution in [-0.2, 0) is 12.8 Å². The van der Waals surface area contributed by atoms with Crippen molar-refractivity contribution in [1.82, 2.24) is 0 Å². The topological polar surface area (TPSA) is 0 Å². The van der Waals surface area contributed by atoms with Crippen molar-refractivity contribution in [2.24, 2.45) is 11.8 Å². The van der Waals surface area contributed by atoms with Crippen LogP contribution in [0.2, 0.25) is 0 Å². The van der Waals surface area contributed by atoms with Gasteiger partial charge < -0.3 is 0 Å². The van der Waals surface area contributed by atoms with E-state index in [0.29, 0.717) is 5.92 Å². The average molecular weight is 421 g/mol. The monoisotopic (exact) mass is 420 g/mol. The first-order valence-electron chi connectivity index (χ1n) is 12.7. The fourth-order valence-electron chi connectivity index (χ4n) is 5.89. The van der Waals surface area contributed by atoms with Crippen LogP contribution in [0.25, 0.3) is 5.57 Å². The van der Waals surface area contributed by atoms with Gasteiger partial charge in [-0.1, -0.05) is 99.2 Å². The van der Waals surface area contributed by atoms with Gasteiger partial charge in [0.1, 0.15) is 0 Å². The second kappa shape index (κ2) is 9.49. The highest BCUT2D eigenvalue weighted by molar-refractivity contribution is 5.78. The van der Waals surface area contributed by atoms with E-state index in [2.05, 4.69) is 92.8 Å². The van der Waals surface area contributed by atoms with E-state index in [0.717, 1.165) is 24.7 Å². The van der Waals surface area contributed by atoms with Gasteiger partial charge in [-0.05, 0) is 89.3 Å². The lowest BCUT2D eigenvalue weighted by molar-refractivity contribution is 0.319. The molecule has 0 radical (unpaired) electrons. The Hall–Kier alpha value is -2.60. The first kappa shape index (κ1) is 21.3. The molecule has 1 atom stereocenters. The van der Waals surface area contributed by atoms with Crippen LogP contribution >= 0.6 is 0 Å². The molecule has 0 aliphatic heterocycles. The fraction of sp³-hybridized carbons (Fsp3) is 0.375. The maximum Gasteiger partial charge on any atom is 0.0281 e. The fourth-order valence-corrected chi connectivity index (χ4v) is 5.89. The largest absolute Gasteiger partial charge is 0.0726 e. The Labute approximate surface area is 194 Å². The number of hydrogen-bond acceptors (Lipinski definition) is 0. The lowest BCUT2D eigenvalue weighted by atomic mass is 9.77.